The van der Waals surface area contributed by atoms with Crippen molar-refractivity contribution in [2.45, 2.75) is 32.2 Å². The molecule has 0 aromatic carbocycles. The molecule has 2 unspecified atom stereocenters. The highest BCUT2D eigenvalue weighted by Gasteiger charge is 2.43. The second-order valence-electron chi connectivity index (χ2n) is 3.77. The lowest BCUT2D eigenvalue weighted by Crippen LogP contribution is -2.50. The smallest absolute Gasteiger partial charge is 0.321 e. The zero-order chi connectivity index (χ0) is 9.42. The largest absolute Gasteiger partial charge is 0.324 e. The van der Waals surface area contributed by atoms with Gasteiger partial charge < -0.3 is 4.90 Å². The summed E-state index contributed by atoms with van der Waals surface area (Å²) in [5.74, 6) is 0.522. The van der Waals surface area contributed by atoms with Crippen LogP contribution in [0.4, 0.5) is 4.79 Å². The fourth-order valence-electron chi connectivity index (χ4n) is 1.95. The predicted molar refractivity (Wildman–Crippen MR) is 47.0 cm³/mol. The van der Waals surface area contributed by atoms with Gasteiger partial charge in [-0.2, -0.15) is 0 Å². The Bertz CT molecular complexity index is 252. The average molecular weight is 182 g/mol. The van der Waals surface area contributed by atoms with E-state index in [0.717, 1.165) is 12.8 Å². The minimum absolute atomic E-state index is 0.144. The number of carbonyl (C=O) groups is 2. The fraction of sp³-hybridized carbons (Fsp3) is 0.778. The topological polar surface area (TPSA) is 49.4 Å². The van der Waals surface area contributed by atoms with E-state index in [1.165, 1.54) is 0 Å². The molecule has 3 amide bonds. The molecule has 2 atom stereocenters. The lowest BCUT2D eigenvalue weighted by Gasteiger charge is -2.26. The quantitative estimate of drug-likeness (QED) is 0.684. The van der Waals surface area contributed by atoms with Crippen LogP contribution in [0, 0.1) is 5.92 Å². The van der Waals surface area contributed by atoms with Gasteiger partial charge >= 0.3 is 6.03 Å². The molecule has 0 aromatic heterocycles. The molecule has 2 rings (SSSR count). The highest BCUT2D eigenvalue weighted by molar-refractivity contribution is 5.96. The molecule has 0 spiro atoms. The number of hydrogen-bond acceptors (Lipinski definition) is 2. The molecule has 0 aromatic rings. The number of hydrogen-bond donors (Lipinski definition) is 1. The summed E-state index contributed by atoms with van der Waals surface area (Å²) >= 11 is 0. The minimum Gasteiger partial charge on any atom is -0.321 e. The maximum atomic E-state index is 11.3. The molecule has 4 nitrogen and oxygen atoms in total. The average Bonchev–Trinajstić information content (AvgIpc) is 2.83. The number of rotatable bonds is 2. The highest BCUT2D eigenvalue weighted by Crippen LogP contribution is 2.38. The summed E-state index contributed by atoms with van der Waals surface area (Å²) < 4.78 is 0. The number of nitrogens with one attached hydrogen (secondary N) is 1. The van der Waals surface area contributed by atoms with Crippen molar-refractivity contribution in [3.8, 4) is 0 Å². The van der Waals surface area contributed by atoms with Crippen molar-refractivity contribution >= 4 is 11.9 Å². The molecule has 4 heteroatoms. The first kappa shape index (κ1) is 8.53. The Morgan fingerprint density at radius 1 is 1.54 bits per heavy atom. The van der Waals surface area contributed by atoms with Gasteiger partial charge in [0.25, 0.3) is 0 Å². The zero-order valence-electron chi connectivity index (χ0n) is 7.75. The third kappa shape index (κ3) is 1.53. The summed E-state index contributed by atoms with van der Waals surface area (Å²) in [6.07, 6.45) is 2.69. The van der Waals surface area contributed by atoms with E-state index in [-0.39, 0.29) is 11.9 Å². The van der Waals surface area contributed by atoms with Crippen LogP contribution in [0.2, 0.25) is 0 Å². The molecular formula is C9H14N2O2. The minimum atomic E-state index is -0.197. The molecule has 1 aliphatic heterocycles. The molecule has 2 aliphatic rings. The monoisotopic (exact) mass is 182 g/mol. The highest BCUT2D eigenvalue weighted by atomic mass is 16.2. The third-order valence-corrected chi connectivity index (χ3v) is 2.90. The Morgan fingerprint density at radius 2 is 2.31 bits per heavy atom. The van der Waals surface area contributed by atoms with E-state index >= 15 is 0 Å². The first-order valence-corrected chi connectivity index (χ1v) is 4.83. The van der Waals surface area contributed by atoms with Gasteiger partial charge in [-0.1, -0.05) is 13.3 Å². The Labute approximate surface area is 77.3 Å². The Morgan fingerprint density at radius 3 is 2.85 bits per heavy atom. The van der Waals surface area contributed by atoms with Gasteiger partial charge in [-0.15, -0.1) is 0 Å². The molecule has 0 radical (unpaired) electrons. The van der Waals surface area contributed by atoms with Crippen molar-refractivity contribution in [3.63, 3.8) is 0 Å². The van der Waals surface area contributed by atoms with Crippen molar-refractivity contribution in [1.29, 1.82) is 0 Å². The van der Waals surface area contributed by atoms with E-state index in [0.29, 0.717) is 24.9 Å². The summed E-state index contributed by atoms with van der Waals surface area (Å²) in [6, 6.07) is 0.204. The van der Waals surface area contributed by atoms with Gasteiger partial charge in [0.05, 0.1) is 0 Å². The summed E-state index contributed by atoms with van der Waals surface area (Å²) in [5, 5.41) is 2.34. The van der Waals surface area contributed by atoms with Gasteiger partial charge in [-0.25, -0.2) is 4.79 Å². The maximum absolute atomic E-state index is 11.3. The van der Waals surface area contributed by atoms with Crippen LogP contribution in [0.15, 0.2) is 0 Å². The zero-order valence-corrected chi connectivity index (χ0v) is 7.75. The van der Waals surface area contributed by atoms with Crippen LogP contribution in [0.25, 0.3) is 0 Å². The van der Waals surface area contributed by atoms with Crippen molar-refractivity contribution in [1.82, 2.24) is 10.2 Å². The molecule has 72 valence electrons. The van der Waals surface area contributed by atoms with Gasteiger partial charge in [0.1, 0.15) is 0 Å². The van der Waals surface area contributed by atoms with Crippen molar-refractivity contribution in [2.75, 3.05) is 6.54 Å². The third-order valence-electron chi connectivity index (χ3n) is 2.90. The number of nitrogens with zero attached hydrogens (tertiary/aromatic N) is 1. The first-order chi connectivity index (χ1) is 6.22. The van der Waals surface area contributed by atoms with Crippen molar-refractivity contribution in [3.05, 3.63) is 0 Å². The summed E-state index contributed by atoms with van der Waals surface area (Å²) in [6.45, 7) is 2.74. The Hall–Kier alpha value is -1.06. The van der Waals surface area contributed by atoms with Gasteiger partial charge in [-0.3, -0.25) is 10.1 Å². The van der Waals surface area contributed by atoms with E-state index in [2.05, 4.69) is 12.2 Å². The summed E-state index contributed by atoms with van der Waals surface area (Å²) in [7, 11) is 0. The second kappa shape index (κ2) is 3.01. The lowest BCUT2D eigenvalue weighted by molar-refractivity contribution is -0.121. The summed E-state index contributed by atoms with van der Waals surface area (Å²) in [5.41, 5.74) is 0. The van der Waals surface area contributed by atoms with E-state index in [1.54, 1.807) is 4.90 Å². The Kier molecular flexibility index (Phi) is 1.98. The van der Waals surface area contributed by atoms with Crippen LogP contribution in [0.3, 0.4) is 0 Å². The Balaban J connectivity index is 1.94. The first-order valence-electron chi connectivity index (χ1n) is 4.83. The van der Waals surface area contributed by atoms with Gasteiger partial charge in [-0.05, 0) is 12.3 Å². The fourth-order valence-corrected chi connectivity index (χ4v) is 1.95. The molecule has 0 bridgehead atoms. The lowest BCUT2D eigenvalue weighted by atomic mass is 10.2. The maximum Gasteiger partial charge on any atom is 0.324 e. The van der Waals surface area contributed by atoms with Crippen LogP contribution in [0.5, 0.6) is 0 Å². The van der Waals surface area contributed by atoms with Crippen LogP contribution in [0.1, 0.15) is 26.2 Å². The van der Waals surface area contributed by atoms with Crippen LogP contribution >= 0.6 is 0 Å². The second-order valence-corrected chi connectivity index (χ2v) is 3.77. The van der Waals surface area contributed by atoms with Gasteiger partial charge in [0.2, 0.25) is 5.91 Å². The molecule has 1 saturated heterocycles. The number of amides is 3. The molecule has 13 heavy (non-hydrogen) atoms. The summed E-state index contributed by atoms with van der Waals surface area (Å²) in [4.78, 5) is 24.0. The van der Waals surface area contributed by atoms with E-state index < -0.39 is 0 Å². The predicted octanol–water partition coefficient (Wildman–Crippen LogP) is 0.727. The molecule has 1 heterocycles. The number of urea groups is 1. The molecule has 1 N–H and O–H groups in total. The van der Waals surface area contributed by atoms with Crippen molar-refractivity contribution in [2.24, 2.45) is 5.92 Å². The molecular weight excluding hydrogens is 168 g/mol. The normalized spacial score (nSPS) is 33.2. The van der Waals surface area contributed by atoms with E-state index in [9.17, 15) is 9.59 Å². The number of carbonyl (C=O) groups excluding carboxylic acids is 2. The van der Waals surface area contributed by atoms with Gasteiger partial charge in [0.15, 0.2) is 0 Å². The molecule has 2 fully saturated rings. The van der Waals surface area contributed by atoms with Crippen LogP contribution in [-0.4, -0.2) is 29.4 Å². The van der Waals surface area contributed by atoms with Crippen molar-refractivity contribution < 1.29 is 9.59 Å². The molecule has 1 aliphatic carbocycles. The van der Waals surface area contributed by atoms with Crippen LogP contribution < -0.4 is 5.32 Å². The van der Waals surface area contributed by atoms with Crippen LogP contribution in [-0.2, 0) is 4.79 Å². The van der Waals surface area contributed by atoms with Gasteiger partial charge in [0, 0.05) is 19.0 Å². The van der Waals surface area contributed by atoms with E-state index in [1.807, 2.05) is 0 Å². The molecule has 1 saturated carbocycles. The van der Waals surface area contributed by atoms with E-state index in [4.69, 9.17) is 0 Å². The SMILES string of the molecule is CCC1CC1N1CCC(=O)NC1=O. The number of imide groups is 1. The standard InChI is InChI=1S/C9H14N2O2/c1-2-6-5-7(6)11-4-3-8(12)10-9(11)13/h6-7H,2-5H2,1H3,(H,10,12,13).